The Labute approximate surface area is 194 Å². The lowest BCUT2D eigenvalue weighted by Gasteiger charge is -2.31. The molecule has 2 rings (SSSR count). The van der Waals surface area contributed by atoms with E-state index in [1.165, 1.54) is 0 Å². The molecule has 0 heterocycles. The van der Waals surface area contributed by atoms with Crippen LogP contribution in [0.25, 0.3) is 0 Å². The van der Waals surface area contributed by atoms with Crippen molar-refractivity contribution in [3.63, 3.8) is 0 Å². The molecule has 1 aliphatic carbocycles. The number of ketones is 2. The summed E-state index contributed by atoms with van der Waals surface area (Å²) >= 11 is 11.7. The average molecular weight is 465 g/mol. The van der Waals surface area contributed by atoms with Crippen LogP contribution in [0.3, 0.4) is 0 Å². The Morgan fingerprint density at radius 1 is 0.903 bits per heavy atom. The first-order valence-electron chi connectivity index (χ1n) is 10.3. The van der Waals surface area contributed by atoms with E-state index in [1.807, 2.05) is 38.1 Å². The van der Waals surface area contributed by atoms with Gasteiger partial charge in [0.15, 0.2) is 11.6 Å². The zero-order valence-corrected chi connectivity index (χ0v) is 20.3. The van der Waals surface area contributed by atoms with E-state index in [2.05, 4.69) is 10.2 Å². The van der Waals surface area contributed by atoms with Crippen LogP contribution in [0.15, 0.2) is 46.6 Å². The number of alkyl halides is 2. The van der Waals surface area contributed by atoms with Crippen LogP contribution in [0, 0.1) is 5.41 Å². The summed E-state index contributed by atoms with van der Waals surface area (Å²) in [5, 5.41) is 2.89. The maximum atomic E-state index is 12.9. The SMILES string of the molecule is CC1=C(C)C(=O)C(C(C)(C)CC(=O)Nc2ccc(N(CCCl)CCCl)cc2)=C(C)C1=O. The number of carbonyl (C=O) groups is 3. The van der Waals surface area contributed by atoms with Gasteiger partial charge in [-0.15, -0.1) is 23.2 Å². The molecule has 0 saturated heterocycles. The fraction of sp³-hybridized carbons (Fsp3) is 0.458. The van der Waals surface area contributed by atoms with Gasteiger partial charge >= 0.3 is 0 Å². The zero-order valence-electron chi connectivity index (χ0n) is 18.8. The molecule has 5 nitrogen and oxygen atoms in total. The standard InChI is InChI=1S/C24H30Cl2N2O3/c1-15-16(2)23(31)21(17(3)22(15)30)24(4,5)14-20(29)27-18-6-8-19(9-7-18)28(12-10-25)13-11-26/h6-9H,10-14H2,1-5H3,(H,27,29). The van der Waals surface area contributed by atoms with E-state index in [0.717, 1.165) is 5.69 Å². The molecule has 0 unspecified atom stereocenters. The van der Waals surface area contributed by atoms with Crippen LogP contribution < -0.4 is 10.2 Å². The molecule has 168 valence electrons. The molecule has 0 spiro atoms. The van der Waals surface area contributed by atoms with E-state index in [4.69, 9.17) is 23.2 Å². The van der Waals surface area contributed by atoms with Crippen molar-refractivity contribution >= 4 is 52.1 Å². The first-order valence-corrected chi connectivity index (χ1v) is 11.4. The number of hydrogen-bond donors (Lipinski definition) is 1. The number of nitrogens with one attached hydrogen (secondary N) is 1. The lowest BCUT2D eigenvalue weighted by atomic mass is 9.71. The van der Waals surface area contributed by atoms with Gasteiger partial charge < -0.3 is 10.2 Å². The van der Waals surface area contributed by atoms with Crippen molar-refractivity contribution in [2.24, 2.45) is 5.41 Å². The summed E-state index contributed by atoms with van der Waals surface area (Å²) in [6, 6.07) is 7.47. The van der Waals surface area contributed by atoms with E-state index in [0.29, 0.717) is 52.8 Å². The number of carbonyl (C=O) groups excluding carboxylic acids is 3. The number of amides is 1. The predicted octanol–water partition coefficient (Wildman–Crippen LogP) is 5.13. The second kappa shape index (κ2) is 10.5. The number of nitrogens with zero attached hydrogens (tertiary/aromatic N) is 1. The summed E-state index contributed by atoms with van der Waals surface area (Å²) in [7, 11) is 0. The maximum absolute atomic E-state index is 12.9. The molecule has 0 aliphatic heterocycles. The molecule has 0 atom stereocenters. The van der Waals surface area contributed by atoms with Crippen molar-refractivity contribution in [1.82, 2.24) is 0 Å². The quantitative estimate of drug-likeness (QED) is 0.406. The van der Waals surface area contributed by atoms with Crippen LogP contribution in [0.5, 0.6) is 0 Å². The lowest BCUT2D eigenvalue weighted by Crippen LogP contribution is -2.33. The molecule has 1 N–H and O–H groups in total. The topological polar surface area (TPSA) is 66.5 Å². The number of hydrogen-bond acceptors (Lipinski definition) is 4. The van der Waals surface area contributed by atoms with Crippen LogP contribution in [0.1, 0.15) is 41.0 Å². The minimum atomic E-state index is -0.777. The van der Waals surface area contributed by atoms with Gasteiger partial charge in [0, 0.05) is 70.4 Å². The Bertz CT molecular complexity index is 925. The normalized spacial score (nSPS) is 14.9. The van der Waals surface area contributed by atoms with Crippen LogP contribution in [-0.4, -0.2) is 42.3 Å². The van der Waals surface area contributed by atoms with Crippen molar-refractivity contribution in [3.8, 4) is 0 Å². The van der Waals surface area contributed by atoms with Crippen molar-refractivity contribution in [1.29, 1.82) is 0 Å². The average Bonchev–Trinajstić information content (AvgIpc) is 2.70. The van der Waals surface area contributed by atoms with Crippen molar-refractivity contribution in [2.45, 2.75) is 41.0 Å². The molecular formula is C24H30Cl2N2O3. The predicted molar refractivity (Wildman–Crippen MR) is 128 cm³/mol. The van der Waals surface area contributed by atoms with Gasteiger partial charge in [0.1, 0.15) is 0 Å². The number of Topliss-reactive ketones (excluding diaryl/α,β-unsaturated/α-hetero) is 2. The summed E-state index contributed by atoms with van der Waals surface area (Å²) in [6.07, 6.45) is 0.0807. The van der Waals surface area contributed by atoms with Gasteiger partial charge in [-0.2, -0.15) is 0 Å². The van der Waals surface area contributed by atoms with Crippen molar-refractivity contribution in [3.05, 3.63) is 46.6 Å². The first-order chi connectivity index (χ1) is 14.5. The highest BCUT2D eigenvalue weighted by molar-refractivity contribution is 6.25. The van der Waals surface area contributed by atoms with Crippen molar-refractivity contribution < 1.29 is 14.4 Å². The maximum Gasteiger partial charge on any atom is 0.225 e. The number of anilines is 2. The summed E-state index contributed by atoms with van der Waals surface area (Å²) in [5.74, 6) is 0.482. The van der Waals surface area contributed by atoms with Crippen LogP contribution in [-0.2, 0) is 14.4 Å². The molecule has 0 aromatic heterocycles. The minimum absolute atomic E-state index is 0.0807. The Hall–Kier alpha value is -2.11. The Morgan fingerprint density at radius 3 is 1.94 bits per heavy atom. The highest BCUT2D eigenvalue weighted by atomic mass is 35.5. The fourth-order valence-electron chi connectivity index (χ4n) is 3.93. The number of halogens is 2. The minimum Gasteiger partial charge on any atom is -0.369 e. The van der Waals surface area contributed by atoms with E-state index in [9.17, 15) is 14.4 Å². The summed E-state index contributed by atoms with van der Waals surface area (Å²) in [6.45, 7) is 10.0. The second-order valence-electron chi connectivity index (χ2n) is 8.43. The molecule has 0 saturated carbocycles. The van der Waals surface area contributed by atoms with E-state index >= 15 is 0 Å². The molecule has 1 aromatic carbocycles. The Morgan fingerprint density at radius 2 is 1.42 bits per heavy atom. The van der Waals surface area contributed by atoms with Gasteiger partial charge in [0.25, 0.3) is 0 Å². The fourth-order valence-corrected chi connectivity index (χ4v) is 4.34. The van der Waals surface area contributed by atoms with E-state index in [1.54, 1.807) is 20.8 Å². The van der Waals surface area contributed by atoms with Gasteiger partial charge in [-0.3, -0.25) is 14.4 Å². The van der Waals surface area contributed by atoms with Gasteiger partial charge in [-0.25, -0.2) is 0 Å². The number of benzene rings is 1. The second-order valence-corrected chi connectivity index (χ2v) is 9.18. The number of rotatable bonds is 9. The molecule has 0 fully saturated rings. The van der Waals surface area contributed by atoms with E-state index in [-0.39, 0.29) is 23.9 Å². The zero-order chi connectivity index (χ0) is 23.3. The Balaban J connectivity index is 2.13. The van der Waals surface area contributed by atoms with Crippen molar-refractivity contribution in [2.75, 3.05) is 35.1 Å². The van der Waals surface area contributed by atoms with Gasteiger partial charge in [-0.05, 0) is 45.0 Å². The smallest absolute Gasteiger partial charge is 0.225 e. The number of allylic oxidation sites excluding steroid dienone is 4. The molecular weight excluding hydrogens is 435 g/mol. The molecule has 0 bridgehead atoms. The molecule has 0 radical (unpaired) electrons. The van der Waals surface area contributed by atoms with Crippen LogP contribution >= 0.6 is 23.2 Å². The highest BCUT2D eigenvalue weighted by Gasteiger charge is 2.38. The molecule has 31 heavy (non-hydrogen) atoms. The lowest BCUT2D eigenvalue weighted by molar-refractivity contribution is -0.119. The van der Waals surface area contributed by atoms with Crippen LogP contribution in [0.2, 0.25) is 0 Å². The molecule has 1 amide bonds. The van der Waals surface area contributed by atoms with Gasteiger partial charge in [-0.1, -0.05) is 13.8 Å². The summed E-state index contributed by atoms with van der Waals surface area (Å²) in [4.78, 5) is 40.2. The van der Waals surface area contributed by atoms with Gasteiger partial charge in [0.2, 0.25) is 5.91 Å². The third kappa shape index (κ3) is 5.78. The summed E-state index contributed by atoms with van der Waals surface area (Å²) < 4.78 is 0. The van der Waals surface area contributed by atoms with Gasteiger partial charge in [0.05, 0.1) is 0 Å². The third-order valence-electron chi connectivity index (χ3n) is 5.69. The third-order valence-corrected chi connectivity index (χ3v) is 6.03. The highest BCUT2D eigenvalue weighted by Crippen LogP contribution is 2.39. The first kappa shape index (κ1) is 25.2. The van der Waals surface area contributed by atoms with E-state index < -0.39 is 5.41 Å². The largest absolute Gasteiger partial charge is 0.369 e. The summed E-state index contributed by atoms with van der Waals surface area (Å²) in [5.41, 5.74) is 2.63. The molecule has 1 aromatic rings. The monoisotopic (exact) mass is 464 g/mol. The molecule has 1 aliphatic rings. The Kier molecular flexibility index (Phi) is 8.49. The molecule has 7 heteroatoms. The van der Waals surface area contributed by atoms with Crippen LogP contribution in [0.4, 0.5) is 11.4 Å².